The van der Waals surface area contributed by atoms with E-state index in [-0.39, 0.29) is 0 Å². The Hall–Kier alpha value is -0.150. The molecule has 1 aliphatic rings. The Kier molecular flexibility index (Phi) is 4.67. The molecule has 2 nitrogen and oxygen atoms in total. The average Bonchev–Trinajstić information content (AvgIpc) is 2.31. The van der Waals surface area contributed by atoms with Crippen molar-refractivity contribution in [2.75, 3.05) is 26.3 Å². The maximum atomic E-state index is 12.0. The number of β-amino-alcohol motifs (C(OH)–C–C–N with tert-alkyl or cyclic N) is 1. The Morgan fingerprint density at radius 1 is 1.46 bits per heavy atom. The molecule has 1 fully saturated rings. The fourth-order valence-corrected chi connectivity index (χ4v) is 1.85. The van der Waals surface area contributed by atoms with Crippen molar-refractivity contribution in [1.82, 2.24) is 4.90 Å². The van der Waals surface area contributed by atoms with E-state index in [1.807, 2.05) is 0 Å². The Morgan fingerprint density at radius 2 is 2.23 bits per heavy atom. The lowest BCUT2D eigenvalue weighted by Crippen LogP contribution is -2.34. The molecule has 1 aliphatic heterocycles. The quantitative estimate of drug-likeness (QED) is 0.726. The molecule has 2 atom stereocenters. The van der Waals surface area contributed by atoms with Crippen LogP contribution in [0.4, 0.5) is 4.39 Å². The summed E-state index contributed by atoms with van der Waals surface area (Å²) in [5.41, 5.74) is 0. The highest BCUT2D eigenvalue weighted by molar-refractivity contribution is 4.70. The molecule has 0 radical (unpaired) electrons. The number of halogens is 1. The summed E-state index contributed by atoms with van der Waals surface area (Å²) in [5, 5.41) is 9.15. The molecule has 0 bridgehead atoms. The zero-order chi connectivity index (χ0) is 9.68. The van der Waals surface area contributed by atoms with Gasteiger partial charge in [0.2, 0.25) is 0 Å². The summed E-state index contributed by atoms with van der Waals surface area (Å²) in [6.45, 7) is 4.17. The van der Waals surface area contributed by atoms with Crippen molar-refractivity contribution in [1.29, 1.82) is 0 Å². The predicted molar refractivity (Wildman–Crippen MR) is 51.4 cm³/mol. The van der Waals surface area contributed by atoms with Crippen molar-refractivity contribution in [2.24, 2.45) is 5.92 Å². The van der Waals surface area contributed by atoms with Crippen LogP contribution in [0.3, 0.4) is 0 Å². The predicted octanol–water partition coefficient (Wildman–Crippen LogP) is 1.44. The van der Waals surface area contributed by atoms with Crippen molar-refractivity contribution in [3.05, 3.63) is 0 Å². The minimum Gasteiger partial charge on any atom is -0.389 e. The lowest BCUT2D eigenvalue weighted by Gasteiger charge is -2.21. The first-order valence-electron chi connectivity index (χ1n) is 5.18. The number of nitrogens with zero attached hydrogens (tertiary/aromatic N) is 1. The van der Waals surface area contributed by atoms with Crippen LogP contribution in [0.15, 0.2) is 0 Å². The molecule has 0 aromatic rings. The highest BCUT2D eigenvalue weighted by Crippen LogP contribution is 2.16. The molecule has 2 unspecified atom stereocenters. The number of rotatable bonds is 3. The van der Waals surface area contributed by atoms with E-state index in [0.29, 0.717) is 6.54 Å². The van der Waals surface area contributed by atoms with Gasteiger partial charge in [0, 0.05) is 6.54 Å². The fraction of sp³-hybridized carbons (Fsp3) is 1.00. The van der Waals surface area contributed by atoms with Crippen LogP contribution >= 0.6 is 0 Å². The molecule has 78 valence electrons. The molecule has 0 spiro atoms. The van der Waals surface area contributed by atoms with E-state index in [2.05, 4.69) is 11.8 Å². The van der Waals surface area contributed by atoms with Crippen LogP contribution in [0.5, 0.6) is 0 Å². The summed E-state index contributed by atoms with van der Waals surface area (Å²) in [7, 11) is 0. The molecule has 0 aromatic carbocycles. The molecule has 1 heterocycles. The first-order valence-corrected chi connectivity index (χ1v) is 5.18. The molecule has 1 rings (SSSR count). The first kappa shape index (κ1) is 10.9. The molecule has 13 heavy (non-hydrogen) atoms. The number of aliphatic hydroxyl groups is 1. The number of hydrogen-bond acceptors (Lipinski definition) is 2. The van der Waals surface area contributed by atoms with Crippen LogP contribution < -0.4 is 0 Å². The second-order valence-electron chi connectivity index (χ2n) is 4.14. The van der Waals surface area contributed by atoms with Crippen molar-refractivity contribution >= 4 is 0 Å². The van der Waals surface area contributed by atoms with E-state index in [4.69, 9.17) is 5.11 Å². The van der Waals surface area contributed by atoms with Crippen LogP contribution in [0.2, 0.25) is 0 Å². The molecule has 1 saturated heterocycles. The largest absolute Gasteiger partial charge is 0.389 e. The third-order valence-corrected chi connectivity index (χ3v) is 2.76. The molecular weight excluding hydrogens is 169 g/mol. The van der Waals surface area contributed by atoms with Gasteiger partial charge < -0.3 is 10.0 Å². The van der Waals surface area contributed by atoms with E-state index >= 15 is 0 Å². The van der Waals surface area contributed by atoms with E-state index in [1.54, 1.807) is 0 Å². The molecule has 0 aromatic heterocycles. The normalized spacial score (nSPS) is 28.4. The van der Waals surface area contributed by atoms with Gasteiger partial charge >= 0.3 is 0 Å². The molecule has 0 saturated carbocycles. The zero-order valence-electron chi connectivity index (χ0n) is 8.38. The van der Waals surface area contributed by atoms with Crippen LogP contribution in [-0.2, 0) is 0 Å². The molecule has 3 heteroatoms. The van der Waals surface area contributed by atoms with Crippen molar-refractivity contribution in [3.8, 4) is 0 Å². The van der Waals surface area contributed by atoms with Gasteiger partial charge in [0.1, 0.15) is 6.67 Å². The van der Waals surface area contributed by atoms with Gasteiger partial charge in [-0.2, -0.15) is 0 Å². The smallest absolute Gasteiger partial charge is 0.117 e. The van der Waals surface area contributed by atoms with Gasteiger partial charge in [-0.3, -0.25) is 0 Å². The van der Waals surface area contributed by atoms with Crippen LogP contribution in [0, 0.1) is 5.92 Å². The maximum absolute atomic E-state index is 12.0. The zero-order valence-corrected chi connectivity index (χ0v) is 8.38. The van der Waals surface area contributed by atoms with E-state index < -0.39 is 12.8 Å². The monoisotopic (exact) mass is 189 g/mol. The van der Waals surface area contributed by atoms with Crippen LogP contribution in [0.25, 0.3) is 0 Å². The maximum Gasteiger partial charge on any atom is 0.117 e. The minimum absolute atomic E-state index is 0.503. The highest BCUT2D eigenvalue weighted by atomic mass is 19.1. The molecular formula is C10H20FNO. The number of likely N-dealkylation sites (tertiary alicyclic amines) is 1. The summed E-state index contributed by atoms with van der Waals surface area (Å²) < 4.78 is 12.0. The van der Waals surface area contributed by atoms with Gasteiger partial charge in [-0.05, 0) is 38.3 Å². The topological polar surface area (TPSA) is 23.5 Å². The number of hydrogen-bond donors (Lipinski definition) is 1. The van der Waals surface area contributed by atoms with E-state index in [9.17, 15) is 4.39 Å². The Bertz CT molecular complexity index is 143. The lowest BCUT2D eigenvalue weighted by atomic mass is 10.0. The Balaban J connectivity index is 2.25. The second kappa shape index (κ2) is 5.55. The third kappa shape index (κ3) is 4.05. The average molecular weight is 189 g/mol. The van der Waals surface area contributed by atoms with Crippen molar-refractivity contribution < 1.29 is 9.50 Å². The first-order chi connectivity index (χ1) is 6.22. The standard InChI is InChI=1S/C10H20FNO/c1-9-3-2-5-12(6-4-9)8-10(13)7-11/h9-10,13H,2-8H2,1H3. The van der Waals surface area contributed by atoms with Gasteiger partial charge in [-0.1, -0.05) is 6.92 Å². The number of alkyl halides is 1. The molecule has 0 amide bonds. The Labute approximate surface area is 79.7 Å². The van der Waals surface area contributed by atoms with Crippen molar-refractivity contribution in [2.45, 2.75) is 32.3 Å². The summed E-state index contributed by atoms with van der Waals surface area (Å²) in [6, 6.07) is 0. The fourth-order valence-electron chi connectivity index (χ4n) is 1.85. The van der Waals surface area contributed by atoms with Gasteiger partial charge in [0.25, 0.3) is 0 Å². The highest BCUT2D eigenvalue weighted by Gasteiger charge is 2.16. The lowest BCUT2D eigenvalue weighted by molar-refractivity contribution is 0.0908. The summed E-state index contributed by atoms with van der Waals surface area (Å²) in [5.74, 6) is 0.785. The van der Waals surface area contributed by atoms with Crippen LogP contribution in [0.1, 0.15) is 26.2 Å². The summed E-state index contributed by atoms with van der Waals surface area (Å²) >= 11 is 0. The SMILES string of the molecule is CC1CCCN(CC(O)CF)CC1. The third-order valence-electron chi connectivity index (χ3n) is 2.76. The van der Waals surface area contributed by atoms with Gasteiger partial charge in [-0.25, -0.2) is 4.39 Å². The summed E-state index contributed by atoms with van der Waals surface area (Å²) in [6.07, 6.45) is 2.84. The van der Waals surface area contributed by atoms with E-state index in [1.165, 1.54) is 19.3 Å². The van der Waals surface area contributed by atoms with Gasteiger partial charge in [0.05, 0.1) is 6.10 Å². The number of aliphatic hydroxyl groups excluding tert-OH is 1. The molecule has 0 aliphatic carbocycles. The van der Waals surface area contributed by atoms with Gasteiger partial charge in [0.15, 0.2) is 0 Å². The van der Waals surface area contributed by atoms with E-state index in [0.717, 1.165) is 19.0 Å². The van der Waals surface area contributed by atoms with Crippen LogP contribution in [-0.4, -0.2) is 42.4 Å². The van der Waals surface area contributed by atoms with Gasteiger partial charge in [-0.15, -0.1) is 0 Å². The summed E-state index contributed by atoms with van der Waals surface area (Å²) in [4.78, 5) is 2.17. The Morgan fingerprint density at radius 3 is 2.92 bits per heavy atom. The molecule has 1 N–H and O–H groups in total. The second-order valence-corrected chi connectivity index (χ2v) is 4.14. The minimum atomic E-state index is -0.784. The van der Waals surface area contributed by atoms with Crippen molar-refractivity contribution in [3.63, 3.8) is 0 Å².